The Bertz CT molecular complexity index is 2560. The molecule has 2 amide bonds. The van der Waals surface area contributed by atoms with Crippen molar-refractivity contribution in [2.75, 3.05) is 33.7 Å². The van der Waals surface area contributed by atoms with Crippen LogP contribution >= 0.6 is 56.9 Å². The molecular weight excluding hydrogens is 1170 g/mol. The zero-order valence-electron chi connectivity index (χ0n) is 46.8. The van der Waals surface area contributed by atoms with E-state index in [-0.39, 0.29) is 29.2 Å². The van der Waals surface area contributed by atoms with Gasteiger partial charge in [0, 0.05) is 55.5 Å². The zero-order chi connectivity index (χ0) is 54.7. The Hall–Kier alpha value is -3.47. The largest absolute Gasteiger partial charge is 0.340 e. The number of thiazole rings is 4. The van der Waals surface area contributed by atoms with E-state index in [4.69, 9.17) is 16.6 Å². The number of anilines is 4. The maximum atomic E-state index is 12.8. The Labute approximate surface area is 479 Å². The molecule has 10 rings (SSSR count). The summed E-state index contributed by atoms with van der Waals surface area (Å²) in [6.07, 6.45) is 30.5. The molecule has 6 aromatic rings. The molecule has 76 heavy (non-hydrogen) atoms. The first-order chi connectivity index (χ1) is 36.7. The first-order valence-corrected chi connectivity index (χ1v) is 42.7. The average molecular weight is 1250 g/mol. The van der Waals surface area contributed by atoms with Crippen molar-refractivity contribution in [2.45, 2.75) is 194 Å². The molecule has 0 bridgehead atoms. The number of hydrogen-bond acceptors (Lipinski definition) is 16. The minimum atomic E-state index is -2.08. The number of carbonyl (C=O) groups is 2. The van der Waals surface area contributed by atoms with Crippen LogP contribution in [0.25, 0.3) is 10.7 Å². The third kappa shape index (κ3) is 16.1. The van der Waals surface area contributed by atoms with E-state index in [1.165, 1.54) is 80.2 Å². The number of rotatable bonds is 16. The molecule has 21 heteroatoms. The maximum absolute atomic E-state index is 12.8. The van der Waals surface area contributed by atoms with Crippen LogP contribution in [-0.2, 0) is 9.59 Å². The second-order valence-corrected chi connectivity index (χ2v) is 44.4. The predicted molar refractivity (Wildman–Crippen MR) is 328 cm³/mol. The zero-order valence-corrected chi connectivity index (χ0v) is 54.7. The number of aromatic nitrogens is 8. The van der Waals surface area contributed by atoms with Crippen LogP contribution in [0.15, 0.2) is 64.5 Å². The van der Waals surface area contributed by atoms with Gasteiger partial charge in [-0.15, -0.1) is 34.0 Å². The van der Waals surface area contributed by atoms with Crippen LogP contribution < -0.4 is 27.1 Å². The van der Waals surface area contributed by atoms with E-state index >= 15 is 0 Å². The van der Waals surface area contributed by atoms with Crippen molar-refractivity contribution in [3.05, 3.63) is 69.8 Å². The summed E-state index contributed by atoms with van der Waals surface area (Å²) in [5.74, 6) is 2.67. The molecule has 8 heterocycles. The summed E-state index contributed by atoms with van der Waals surface area (Å²) in [6, 6.07) is 0.522. The van der Waals surface area contributed by atoms with Gasteiger partial charge in [-0.2, -0.15) is 4.98 Å². The summed E-state index contributed by atoms with van der Waals surface area (Å²) in [6.45, 7) is 18.1. The first-order valence-electron chi connectivity index (χ1n) is 27.7. The van der Waals surface area contributed by atoms with Crippen LogP contribution in [0.5, 0.6) is 0 Å². The summed E-state index contributed by atoms with van der Waals surface area (Å²) in [5.41, 5.74) is 7.21. The Morgan fingerprint density at radius 2 is 1.14 bits per heavy atom. The summed E-state index contributed by atoms with van der Waals surface area (Å²) in [4.78, 5) is 68.5. The molecule has 0 radical (unpaired) electrons. The van der Waals surface area contributed by atoms with Crippen molar-refractivity contribution in [1.29, 1.82) is 0 Å². The Kier molecular flexibility index (Phi) is 25.0. The van der Waals surface area contributed by atoms with Gasteiger partial charge in [-0.1, -0.05) is 59.2 Å². The molecule has 0 N–H and O–H groups in total. The minimum absolute atomic E-state index is 0.123. The van der Waals surface area contributed by atoms with E-state index in [0.29, 0.717) is 17.9 Å². The number of unbranched alkanes of at least 4 members (excludes halogenated alkanes) is 3. The fraction of sp³-hybridized carbons (Fsp3) is 0.600. The molecule has 4 aliphatic rings. The molecule has 2 aliphatic carbocycles. The smallest absolute Gasteiger partial charge is 0.249 e. The summed E-state index contributed by atoms with van der Waals surface area (Å²) in [5, 5.41) is 4.22. The van der Waals surface area contributed by atoms with Gasteiger partial charge in [-0.3, -0.25) is 24.5 Å². The molecule has 2 atom stereocenters. The van der Waals surface area contributed by atoms with Crippen molar-refractivity contribution >= 4 is 126 Å². The van der Waals surface area contributed by atoms with Gasteiger partial charge in [-0.25, -0.2) is 15.0 Å². The van der Waals surface area contributed by atoms with Crippen molar-refractivity contribution < 1.29 is 9.59 Å². The van der Waals surface area contributed by atoms with Crippen LogP contribution in [0, 0.1) is 0 Å². The van der Waals surface area contributed by atoms with E-state index in [9.17, 15) is 9.59 Å². The van der Waals surface area contributed by atoms with Crippen LogP contribution in [0.4, 0.5) is 23.0 Å². The first kappa shape index (κ1) is 61.7. The van der Waals surface area contributed by atoms with Gasteiger partial charge in [-0.05, 0) is 50.1 Å². The summed E-state index contributed by atoms with van der Waals surface area (Å²) >= 11 is 10.8. The molecule has 2 fully saturated rings. The number of carbonyl (C=O) groups excluding carboxylic acids is 2. The van der Waals surface area contributed by atoms with Crippen LogP contribution in [0.2, 0.25) is 38.2 Å². The number of likely N-dealkylation sites (N-methyl/N-ethyl adjacent to an activating group) is 2. The number of nitrogens with zero attached hydrogens (tertiary/aromatic N) is 12. The van der Waals surface area contributed by atoms with Crippen molar-refractivity contribution in [2.24, 2.45) is 0 Å². The molecular formula is C55H83ClN12O2S4SiSn. The number of hydrogen-bond donors (Lipinski definition) is 0. The molecule has 2 aliphatic heterocycles. The van der Waals surface area contributed by atoms with Crippen LogP contribution in [0.1, 0.15) is 137 Å². The SMILES string of the molecule is CCC[CH2][Sn]([CH2]CCC)([CH2]CCC)[c]1cncs1.CC[C@@H]1C(=O)N(C)c2cnc(-c3cncs3)nc2N1C1CCCC1.CC[C@@H]1C(=O)N(C)c2cnc(Cl)nc2N1C1CCCC1.C[Si](C)(C)c1nccs1.c1cscn1. The summed E-state index contributed by atoms with van der Waals surface area (Å²) in [7, 11) is 2.54. The Balaban J connectivity index is 0.000000165. The van der Waals surface area contributed by atoms with E-state index in [2.05, 4.69) is 104 Å². The molecule has 2 saturated carbocycles. The quantitative estimate of drug-likeness (QED) is 0.0670. The van der Waals surface area contributed by atoms with Gasteiger partial charge in [0.2, 0.25) is 17.1 Å². The van der Waals surface area contributed by atoms with E-state index in [1.807, 2.05) is 42.3 Å². The predicted octanol–water partition coefficient (Wildman–Crippen LogP) is 13.8. The fourth-order valence-electron chi connectivity index (χ4n) is 10.7. The van der Waals surface area contributed by atoms with E-state index in [1.54, 1.807) is 91.5 Å². The van der Waals surface area contributed by atoms with E-state index in [0.717, 1.165) is 66.4 Å². The molecule has 414 valence electrons. The standard InChI is InChI=1S/C17H21N5OS.C14H19ClN4O.C6H11NSSi.3C4H9.C3H3NS.C3H2NS.Sn/c1-3-12-17(23)21(2)13-8-19-15(14-9-18-10-24-14)20-16(13)22(12)11-6-4-5-7-11;1-3-10-13(20)18(2)11-8-16-14(15)17-12(11)19(10)9-6-4-5-7-9;1-9(2,3)6-7-4-5-8-6;3*1-3-4-2;2*1-2-5-3-4-1;/h8-12H,3-7H2,1-2H3;8-10H,3-7H2,1-2H3;4-5H,1-3H3;3*1,3-4H2,2H3;1-3H;1,3H;/t12-;10-;;;;;;;/m11......./s1. The van der Waals surface area contributed by atoms with Gasteiger partial charge < -0.3 is 19.6 Å². The minimum Gasteiger partial charge on any atom is -0.340 e. The Morgan fingerprint density at radius 1 is 0.618 bits per heavy atom. The second-order valence-electron chi connectivity index (χ2n) is 21.2. The van der Waals surface area contributed by atoms with E-state index < -0.39 is 26.5 Å². The third-order valence-electron chi connectivity index (χ3n) is 14.9. The molecule has 0 aromatic carbocycles. The maximum Gasteiger partial charge on any atom is 0.249 e. The number of amides is 2. The van der Waals surface area contributed by atoms with Crippen LogP contribution in [0.3, 0.4) is 0 Å². The third-order valence-corrected chi connectivity index (χ3v) is 39.6. The molecule has 6 aromatic heterocycles. The molecule has 0 spiro atoms. The van der Waals surface area contributed by atoms with Crippen molar-refractivity contribution in [3.63, 3.8) is 0 Å². The fourth-order valence-corrected chi connectivity index (χ4v) is 33.5. The molecule has 0 saturated heterocycles. The number of halogens is 1. The van der Waals surface area contributed by atoms with Gasteiger partial charge in [0.1, 0.15) is 31.5 Å². The van der Waals surface area contributed by atoms with Crippen molar-refractivity contribution in [3.8, 4) is 10.7 Å². The second kappa shape index (κ2) is 30.8. The van der Waals surface area contributed by atoms with Gasteiger partial charge in [0.15, 0.2) is 17.5 Å². The van der Waals surface area contributed by atoms with Crippen LogP contribution in [-0.4, -0.2) is 116 Å². The molecule has 0 unspecified atom stereocenters. The average Bonchev–Trinajstić information content (AvgIpc) is 4.28. The molecule has 14 nitrogen and oxygen atoms in total. The number of fused-ring (bicyclic) bond motifs is 2. The van der Waals surface area contributed by atoms with Crippen molar-refractivity contribution in [1.82, 2.24) is 39.9 Å². The van der Waals surface area contributed by atoms with Gasteiger partial charge in [0.25, 0.3) is 0 Å². The normalized spacial score (nSPS) is 17.7. The van der Waals surface area contributed by atoms with Gasteiger partial charge in [0.05, 0.1) is 32.9 Å². The summed E-state index contributed by atoms with van der Waals surface area (Å²) < 4.78 is 7.79. The Morgan fingerprint density at radius 3 is 1.54 bits per heavy atom. The monoisotopic (exact) mass is 1250 g/mol. The topological polar surface area (TPSA) is 150 Å². The van der Waals surface area contributed by atoms with Gasteiger partial charge >= 0.3 is 122 Å².